The molecule has 0 saturated heterocycles. The average Bonchev–Trinajstić information content (AvgIpc) is 3.34. The number of hydrogen-bond acceptors (Lipinski definition) is 4. The number of aromatic amines is 1. The maximum atomic E-state index is 4.79. The zero-order valence-electron chi connectivity index (χ0n) is 21.0. The van der Waals surface area contributed by atoms with E-state index in [-0.39, 0.29) is 0 Å². The molecule has 0 aliphatic rings. The molecule has 5 heteroatoms. The Hall–Kier alpha value is -3.38. The fourth-order valence-electron chi connectivity index (χ4n) is 3.92. The maximum Gasteiger partial charge on any atom is 0.122 e. The van der Waals surface area contributed by atoms with E-state index in [0.717, 1.165) is 43.0 Å². The highest BCUT2D eigenvalue weighted by atomic mass is 32.2. The molecule has 0 aliphatic heterocycles. The number of para-hydroxylation sites is 2. The Balaban J connectivity index is 0.00000148. The molecule has 0 aliphatic carbocycles. The third-order valence-electron chi connectivity index (χ3n) is 5.63. The summed E-state index contributed by atoms with van der Waals surface area (Å²) in [7, 11) is 0. The van der Waals surface area contributed by atoms with Gasteiger partial charge in [0.1, 0.15) is 5.82 Å². The van der Waals surface area contributed by atoms with Crippen LogP contribution in [-0.2, 0) is 26.2 Å². The molecule has 36 heavy (non-hydrogen) atoms. The fourth-order valence-corrected chi connectivity index (χ4v) is 4.88. The topological polar surface area (TPSA) is 44.0 Å². The summed E-state index contributed by atoms with van der Waals surface area (Å²) in [5.41, 5.74) is 5.96. The van der Waals surface area contributed by atoms with E-state index in [4.69, 9.17) is 4.98 Å². The Morgan fingerprint density at radius 3 is 1.92 bits per heavy atom. The first-order valence-corrected chi connectivity index (χ1v) is 13.3. The van der Waals surface area contributed by atoms with Gasteiger partial charge in [-0.15, -0.1) is 0 Å². The van der Waals surface area contributed by atoms with Crippen LogP contribution in [0.5, 0.6) is 0 Å². The molecule has 184 valence electrons. The van der Waals surface area contributed by atoms with Gasteiger partial charge >= 0.3 is 0 Å². The first kappa shape index (κ1) is 25.7. The van der Waals surface area contributed by atoms with Gasteiger partial charge in [-0.05, 0) is 52.9 Å². The lowest BCUT2D eigenvalue weighted by atomic mass is 10.2. The third-order valence-corrected chi connectivity index (χ3v) is 6.62. The largest absolute Gasteiger partial charge is 0.341 e. The minimum absolute atomic E-state index is 0.731. The van der Waals surface area contributed by atoms with E-state index in [9.17, 15) is 0 Å². The van der Waals surface area contributed by atoms with Gasteiger partial charge < -0.3 is 10.3 Å². The van der Waals surface area contributed by atoms with Gasteiger partial charge in [-0.3, -0.25) is 0 Å². The zero-order chi connectivity index (χ0) is 25.0. The summed E-state index contributed by atoms with van der Waals surface area (Å²) in [6, 6.07) is 38.1. The molecule has 1 aromatic heterocycles. The second kappa shape index (κ2) is 13.6. The Morgan fingerprint density at radius 1 is 0.667 bits per heavy atom. The van der Waals surface area contributed by atoms with Crippen molar-refractivity contribution in [1.82, 2.24) is 19.6 Å². The van der Waals surface area contributed by atoms with E-state index >= 15 is 0 Å². The number of hydrogen-bond donors (Lipinski definition) is 2. The number of fused-ring (bicyclic) bond motifs is 1. The van der Waals surface area contributed by atoms with Gasteiger partial charge in [0.15, 0.2) is 0 Å². The van der Waals surface area contributed by atoms with Crippen molar-refractivity contribution in [1.29, 1.82) is 0 Å². The Kier molecular flexibility index (Phi) is 9.74. The molecule has 0 saturated carbocycles. The van der Waals surface area contributed by atoms with Crippen molar-refractivity contribution in [3.63, 3.8) is 0 Å². The van der Waals surface area contributed by atoms with Crippen LogP contribution in [0, 0.1) is 0 Å². The van der Waals surface area contributed by atoms with E-state index < -0.39 is 0 Å². The standard InChI is InChI=1S/C29H28N4S.C2H6/c1-3-9-23(10-4-1)19-30-20-24-15-17-26(18-16-24)34-33(21-25-11-5-2-6-12-25)22-29-31-27-13-7-8-14-28(27)32-29;1-2/h1-18,30H,19-22H2,(H,31,32);1-2H3. The van der Waals surface area contributed by atoms with Gasteiger partial charge in [0.05, 0.1) is 17.6 Å². The van der Waals surface area contributed by atoms with Gasteiger partial charge in [0.2, 0.25) is 0 Å². The van der Waals surface area contributed by atoms with Crippen LogP contribution in [0.15, 0.2) is 114 Å². The Labute approximate surface area is 218 Å². The summed E-state index contributed by atoms with van der Waals surface area (Å²) in [6.45, 7) is 7.30. The summed E-state index contributed by atoms with van der Waals surface area (Å²) in [6.07, 6.45) is 0. The van der Waals surface area contributed by atoms with Crippen LogP contribution in [0.25, 0.3) is 11.0 Å². The lowest BCUT2D eigenvalue weighted by Gasteiger charge is -2.20. The molecule has 0 spiro atoms. The Morgan fingerprint density at radius 2 is 1.25 bits per heavy atom. The van der Waals surface area contributed by atoms with Crippen LogP contribution < -0.4 is 5.32 Å². The predicted molar refractivity (Wildman–Crippen MR) is 152 cm³/mol. The molecule has 0 fully saturated rings. The summed E-state index contributed by atoms with van der Waals surface area (Å²) in [4.78, 5) is 9.48. The quantitative estimate of drug-likeness (QED) is 0.196. The van der Waals surface area contributed by atoms with Crippen LogP contribution in [0.4, 0.5) is 0 Å². The second-order valence-electron chi connectivity index (χ2n) is 8.31. The van der Waals surface area contributed by atoms with Crippen molar-refractivity contribution in [3.05, 3.63) is 132 Å². The summed E-state index contributed by atoms with van der Waals surface area (Å²) >= 11 is 1.77. The van der Waals surface area contributed by atoms with Crippen molar-refractivity contribution in [2.75, 3.05) is 0 Å². The first-order chi connectivity index (χ1) is 17.8. The molecule has 0 bridgehead atoms. The molecule has 0 amide bonds. The van der Waals surface area contributed by atoms with Crippen molar-refractivity contribution in [2.45, 2.75) is 44.9 Å². The average molecular weight is 495 g/mol. The number of benzene rings is 4. The molecule has 0 atom stereocenters. The van der Waals surface area contributed by atoms with Crippen LogP contribution >= 0.6 is 11.9 Å². The molecule has 4 aromatic carbocycles. The van der Waals surface area contributed by atoms with E-state index in [1.54, 1.807) is 11.9 Å². The van der Waals surface area contributed by atoms with Gasteiger partial charge in [-0.2, -0.15) is 0 Å². The summed E-state index contributed by atoms with van der Waals surface area (Å²) in [5, 5.41) is 3.53. The molecule has 0 unspecified atom stereocenters. The van der Waals surface area contributed by atoms with E-state index in [1.807, 2.05) is 26.0 Å². The molecule has 5 aromatic rings. The molecule has 1 heterocycles. The summed E-state index contributed by atoms with van der Waals surface area (Å²) in [5.74, 6) is 0.978. The Bertz CT molecular complexity index is 1270. The number of nitrogens with one attached hydrogen (secondary N) is 2. The maximum absolute atomic E-state index is 4.79. The van der Waals surface area contributed by atoms with Gasteiger partial charge in [-0.1, -0.05) is 98.8 Å². The van der Waals surface area contributed by atoms with Gasteiger partial charge in [0, 0.05) is 24.5 Å². The van der Waals surface area contributed by atoms with Crippen LogP contribution in [0.1, 0.15) is 36.4 Å². The zero-order valence-corrected chi connectivity index (χ0v) is 21.8. The minimum Gasteiger partial charge on any atom is -0.341 e. The van der Waals surface area contributed by atoms with E-state index in [0.29, 0.717) is 0 Å². The van der Waals surface area contributed by atoms with Crippen LogP contribution in [0.3, 0.4) is 0 Å². The normalized spacial score (nSPS) is 10.9. The second-order valence-corrected chi connectivity index (χ2v) is 9.48. The van der Waals surface area contributed by atoms with Crippen molar-refractivity contribution in [2.24, 2.45) is 0 Å². The monoisotopic (exact) mass is 494 g/mol. The SMILES string of the molecule is CC.c1ccc(CNCc2ccc(SN(Cc3ccccc3)Cc3nc4ccccc4[nH]3)cc2)cc1. The fraction of sp³-hybridized carbons (Fsp3) is 0.194. The summed E-state index contributed by atoms with van der Waals surface area (Å²) < 4.78 is 2.36. The van der Waals surface area contributed by atoms with E-state index in [2.05, 4.69) is 112 Å². The first-order valence-electron chi connectivity index (χ1n) is 12.6. The lowest BCUT2D eigenvalue weighted by Crippen LogP contribution is -2.16. The molecule has 0 radical (unpaired) electrons. The number of imidazole rings is 1. The van der Waals surface area contributed by atoms with Gasteiger partial charge in [-0.25, -0.2) is 9.29 Å². The molecular formula is C31H34N4S. The molecule has 5 rings (SSSR count). The van der Waals surface area contributed by atoms with Crippen molar-refractivity contribution >= 4 is 23.0 Å². The number of rotatable bonds is 10. The number of aromatic nitrogens is 2. The minimum atomic E-state index is 0.731. The third kappa shape index (κ3) is 7.56. The predicted octanol–water partition coefficient (Wildman–Crippen LogP) is 7.59. The van der Waals surface area contributed by atoms with Gasteiger partial charge in [0.25, 0.3) is 0 Å². The lowest BCUT2D eigenvalue weighted by molar-refractivity contribution is 0.451. The highest BCUT2D eigenvalue weighted by Crippen LogP contribution is 2.27. The van der Waals surface area contributed by atoms with Crippen molar-refractivity contribution < 1.29 is 0 Å². The molecule has 2 N–H and O–H groups in total. The highest BCUT2D eigenvalue weighted by Gasteiger charge is 2.12. The van der Waals surface area contributed by atoms with E-state index in [1.165, 1.54) is 21.6 Å². The van der Waals surface area contributed by atoms with Crippen molar-refractivity contribution in [3.8, 4) is 0 Å². The smallest absolute Gasteiger partial charge is 0.122 e. The highest BCUT2D eigenvalue weighted by molar-refractivity contribution is 7.97. The van der Waals surface area contributed by atoms with Crippen LogP contribution in [0.2, 0.25) is 0 Å². The number of H-pyrrole nitrogens is 1. The van der Waals surface area contributed by atoms with Crippen LogP contribution in [-0.4, -0.2) is 14.3 Å². The molecular weight excluding hydrogens is 460 g/mol. The number of nitrogens with zero attached hydrogens (tertiary/aromatic N) is 2. The molecule has 4 nitrogen and oxygen atoms in total.